The summed E-state index contributed by atoms with van der Waals surface area (Å²) in [5.74, 6) is 1.66. The Morgan fingerprint density at radius 3 is 2.65 bits per heavy atom. The van der Waals surface area contributed by atoms with Crippen LogP contribution in [0, 0.1) is 5.92 Å². The predicted octanol–water partition coefficient (Wildman–Crippen LogP) is 3.06. The molecular weight excluding hydrogens is 236 g/mol. The van der Waals surface area contributed by atoms with Crippen molar-refractivity contribution in [1.82, 2.24) is 0 Å². The summed E-state index contributed by atoms with van der Waals surface area (Å²) in [6.45, 7) is 4.29. The van der Waals surface area contributed by atoms with Crippen LogP contribution in [0.25, 0.3) is 0 Å². The average Bonchev–Trinajstić information content (AvgIpc) is 2.23. The zero-order chi connectivity index (χ0) is 12.8. The molecule has 17 heavy (non-hydrogen) atoms. The maximum Gasteiger partial charge on any atom is 0.176 e. The molecule has 0 atom stereocenters. The van der Waals surface area contributed by atoms with Gasteiger partial charge in [-0.1, -0.05) is 13.8 Å². The molecule has 1 aromatic rings. The number of benzene rings is 1. The molecule has 0 spiro atoms. The van der Waals surface area contributed by atoms with E-state index in [0.717, 1.165) is 12.2 Å². The van der Waals surface area contributed by atoms with E-state index in [2.05, 4.69) is 13.8 Å². The van der Waals surface area contributed by atoms with E-state index in [0.29, 0.717) is 11.7 Å². The van der Waals surface area contributed by atoms with Crippen LogP contribution in [0.15, 0.2) is 18.2 Å². The van der Waals surface area contributed by atoms with Gasteiger partial charge in [0.2, 0.25) is 0 Å². The largest absolute Gasteiger partial charge is 0.508 e. The number of carbonyl (C=O) groups is 1. The Bertz CT molecular complexity index is 388. The monoisotopic (exact) mass is 254 g/mol. The third-order valence-corrected chi connectivity index (χ3v) is 3.35. The topological polar surface area (TPSA) is 57.5 Å². The molecule has 2 N–H and O–H groups in total. The van der Waals surface area contributed by atoms with Crippen molar-refractivity contribution in [2.45, 2.75) is 20.3 Å². The number of Topliss-reactive ketones (excluding diaryl/α,β-unsaturated/α-hetero) is 1. The van der Waals surface area contributed by atoms with Crippen molar-refractivity contribution >= 4 is 17.5 Å². The van der Waals surface area contributed by atoms with Gasteiger partial charge < -0.3 is 10.2 Å². The minimum absolute atomic E-state index is 0.0356. The van der Waals surface area contributed by atoms with E-state index in [1.54, 1.807) is 11.8 Å². The van der Waals surface area contributed by atoms with Gasteiger partial charge in [0.25, 0.3) is 0 Å². The molecule has 0 fully saturated rings. The van der Waals surface area contributed by atoms with E-state index in [9.17, 15) is 9.90 Å². The Balaban J connectivity index is 2.47. The summed E-state index contributed by atoms with van der Waals surface area (Å²) in [5.41, 5.74) is 0.278. The van der Waals surface area contributed by atoms with Crippen LogP contribution in [-0.2, 0) is 0 Å². The van der Waals surface area contributed by atoms with Gasteiger partial charge in [0.05, 0.1) is 11.3 Å². The Hall–Kier alpha value is -1.16. The summed E-state index contributed by atoms with van der Waals surface area (Å²) in [6.07, 6.45) is 1.08. The van der Waals surface area contributed by atoms with Crippen molar-refractivity contribution in [3.8, 4) is 11.5 Å². The average molecular weight is 254 g/mol. The molecule has 1 aromatic carbocycles. The summed E-state index contributed by atoms with van der Waals surface area (Å²) in [5, 5.41) is 18.6. The Morgan fingerprint density at radius 2 is 2.06 bits per heavy atom. The van der Waals surface area contributed by atoms with Crippen molar-refractivity contribution in [2.75, 3.05) is 11.5 Å². The number of phenols is 2. The molecule has 94 valence electrons. The third kappa shape index (κ3) is 4.69. The molecule has 1 rings (SSSR count). The summed E-state index contributed by atoms with van der Waals surface area (Å²) in [6, 6.07) is 4.05. The smallest absolute Gasteiger partial charge is 0.176 e. The second-order valence-corrected chi connectivity index (χ2v) is 5.46. The second kappa shape index (κ2) is 6.55. The lowest BCUT2D eigenvalue weighted by Crippen LogP contribution is -2.04. The van der Waals surface area contributed by atoms with Crippen molar-refractivity contribution in [1.29, 1.82) is 0 Å². The molecule has 0 amide bonds. The molecule has 0 unspecified atom stereocenters. The minimum atomic E-state index is -0.153. The Kier molecular flexibility index (Phi) is 5.35. The van der Waals surface area contributed by atoms with Crippen molar-refractivity contribution in [2.24, 2.45) is 5.92 Å². The van der Waals surface area contributed by atoms with Crippen molar-refractivity contribution < 1.29 is 15.0 Å². The van der Waals surface area contributed by atoms with Gasteiger partial charge in [-0.15, -0.1) is 0 Å². The van der Waals surface area contributed by atoms with E-state index in [1.807, 2.05) is 0 Å². The molecule has 0 aliphatic carbocycles. The van der Waals surface area contributed by atoms with E-state index in [1.165, 1.54) is 18.2 Å². The van der Waals surface area contributed by atoms with Gasteiger partial charge in [-0.25, -0.2) is 0 Å². The third-order valence-electron chi connectivity index (χ3n) is 2.35. The molecule has 0 saturated carbocycles. The van der Waals surface area contributed by atoms with E-state index < -0.39 is 0 Å². The zero-order valence-corrected chi connectivity index (χ0v) is 11.0. The highest BCUT2D eigenvalue weighted by atomic mass is 32.2. The van der Waals surface area contributed by atoms with Gasteiger partial charge in [0.15, 0.2) is 5.78 Å². The lowest BCUT2D eigenvalue weighted by atomic mass is 10.1. The number of ketones is 1. The van der Waals surface area contributed by atoms with Crippen LogP contribution in [0.5, 0.6) is 11.5 Å². The molecule has 4 heteroatoms. The highest BCUT2D eigenvalue weighted by molar-refractivity contribution is 7.99. The number of aromatic hydroxyl groups is 2. The van der Waals surface area contributed by atoms with Gasteiger partial charge in [-0.3, -0.25) is 4.79 Å². The molecule has 0 bridgehead atoms. The first-order valence-electron chi connectivity index (χ1n) is 5.63. The fourth-order valence-corrected chi connectivity index (χ4v) is 2.44. The van der Waals surface area contributed by atoms with Crippen LogP contribution in [0.3, 0.4) is 0 Å². The molecular formula is C13H18O3S. The summed E-state index contributed by atoms with van der Waals surface area (Å²) in [4.78, 5) is 11.8. The van der Waals surface area contributed by atoms with Gasteiger partial charge >= 0.3 is 0 Å². The first kappa shape index (κ1) is 13.9. The highest BCUT2D eigenvalue weighted by Crippen LogP contribution is 2.24. The molecule has 0 saturated heterocycles. The maximum atomic E-state index is 11.8. The zero-order valence-electron chi connectivity index (χ0n) is 10.1. The lowest BCUT2D eigenvalue weighted by molar-refractivity contribution is 0.102. The predicted molar refractivity (Wildman–Crippen MR) is 70.9 cm³/mol. The fraction of sp³-hybridized carbons (Fsp3) is 0.462. The first-order valence-corrected chi connectivity index (χ1v) is 6.79. The van der Waals surface area contributed by atoms with Crippen LogP contribution < -0.4 is 0 Å². The van der Waals surface area contributed by atoms with Crippen LogP contribution in [0.1, 0.15) is 30.6 Å². The Labute approximate surface area is 106 Å². The van der Waals surface area contributed by atoms with Gasteiger partial charge in [0.1, 0.15) is 11.5 Å². The van der Waals surface area contributed by atoms with Crippen molar-refractivity contribution in [3.05, 3.63) is 23.8 Å². The van der Waals surface area contributed by atoms with E-state index in [-0.39, 0.29) is 22.8 Å². The van der Waals surface area contributed by atoms with E-state index in [4.69, 9.17) is 5.11 Å². The first-order chi connectivity index (χ1) is 8.00. The number of hydrogen-bond donors (Lipinski definition) is 2. The van der Waals surface area contributed by atoms with Crippen LogP contribution in [0.2, 0.25) is 0 Å². The Morgan fingerprint density at radius 1 is 1.35 bits per heavy atom. The molecule has 3 nitrogen and oxygen atoms in total. The molecule has 0 heterocycles. The standard InChI is InChI=1S/C13H18O3S/c1-9(2)5-6-17-8-13(16)11-4-3-10(14)7-12(11)15/h3-4,7,9,14-15H,5-6,8H2,1-2H3. The van der Waals surface area contributed by atoms with Crippen LogP contribution >= 0.6 is 11.8 Å². The number of phenolic OH excluding ortho intramolecular Hbond substituents is 2. The van der Waals surface area contributed by atoms with Gasteiger partial charge in [-0.05, 0) is 30.2 Å². The molecule has 0 radical (unpaired) electrons. The normalized spacial score (nSPS) is 10.8. The van der Waals surface area contributed by atoms with Crippen LogP contribution in [0.4, 0.5) is 0 Å². The number of thioether (sulfide) groups is 1. The highest BCUT2D eigenvalue weighted by Gasteiger charge is 2.11. The maximum absolute atomic E-state index is 11.8. The SMILES string of the molecule is CC(C)CCSCC(=O)c1ccc(O)cc1O. The molecule has 0 aliphatic rings. The van der Waals surface area contributed by atoms with Gasteiger partial charge in [0, 0.05) is 6.07 Å². The summed E-state index contributed by atoms with van der Waals surface area (Å²) >= 11 is 1.57. The molecule has 0 aromatic heterocycles. The second-order valence-electron chi connectivity index (χ2n) is 4.36. The number of carbonyl (C=O) groups excluding carboxylic acids is 1. The summed E-state index contributed by atoms with van der Waals surface area (Å²) in [7, 11) is 0. The van der Waals surface area contributed by atoms with Crippen molar-refractivity contribution in [3.63, 3.8) is 0 Å². The molecule has 0 aliphatic heterocycles. The lowest BCUT2D eigenvalue weighted by Gasteiger charge is -2.05. The van der Waals surface area contributed by atoms with E-state index >= 15 is 0 Å². The quantitative estimate of drug-likeness (QED) is 0.605. The number of rotatable bonds is 6. The minimum Gasteiger partial charge on any atom is -0.508 e. The number of hydrogen-bond acceptors (Lipinski definition) is 4. The van der Waals surface area contributed by atoms with Crippen LogP contribution in [-0.4, -0.2) is 27.5 Å². The fourth-order valence-electron chi connectivity index (χ4n) is 1.32. The summed E-state index contributed by atoms with van der Waals surface area (Å²) < 4.78 is 0. The van der Waals surface area contributed by atoms with Gasteiger partial charge in [-0.2, -0.15) is 11.8 Å².